The molecule has 4 unspecified atom stereocenters. The summed E-state index contributed by atoms with van der Waals surface area (Å²) in [6, 6.07) is 1.12. The summed E-state index contributed by atoms with van der Waals surface area (Å²) in [4.78, 5) is 2.57. The molecule has 15 heavy (non-hydrogen) atoms. The van der Waals surface area contributed by atoms with Crippen LogP contribution in [0.1, 0.15) is 19.3 Å². The van der Waals surface area contributed by atoms with E-state index in [-0.39, 0.29) is 0 Å². The van der Waals surface area contributed by atoms with E-state index in [2.05, 4.69) is 4.90 Å². The van der Waals surface area contributed by atoms with Gasteiger partial charge in [-0.15, -0.1) is 0 Å². The molecule has 0 bridgehead atoms. The van der Waals surface area contributed by atoms with Gasteiger partial charge in [-0.05, 0) is 44.2 Å². The van der Waals surface area contributed by atoms with Gasteiger partial charge in [0.1, 0.15) is 0 Å². The minimum atomic E-state index is 0.420. The summed E-state index contributed by atoms with van der Waals surface area (Å²) in [5.74, 6) is 1.21. The zero-order valence-electron chi connectivity index (χ0n) is 9.44. The van der Waals surface area contributed by atoms with Crippen LogP contribution in [0.25, 0.3) is 0 Å². The van der Waals surface area contributed by atoms with Gasteiger partial charge in [-0.3, -0.25) is 4.90 Å². The van der Waals surface area contributed by atoms with Gasteiger partial charge in [0.15, 0.2) is 0 Å². The van der Waals surface area contributed by atoms with Gasteiger partial charge in [0.2, 0.25) is 0 Å². The molecule has 2 aliphatic rings. The molecule has 1 saturated carbocycles. The zero-order valence-corrected chi connectivity index (χ0v) is 9.44. The predicted octanol–water partition coefficient (Wildman–Crippen LogP) is -0.668. The first-order valence-electron chi connectivity index (χ1n) is 6.14. The van der Waals surface area contributed by atoms with Crippen LogP contribution in [-0.2, 0) is 0 Å². The molecule has 4 atom stereocenters. The first kappa shape index (κ1) is 11.3. The molecule has 6 N–H and O–H groups in total. The maximum atomic E-state index is 5.95. The number of nitrogens with two attached hydrogens (primary N) is 3. The Labute approximate surface area is 92.2 Å². The van der Waals surface area contributed by atoms with Crippen LogP contribution >= 0.6 is 0 Å². The smallest absolute Gasteiger partial charge is 0.0111 e. The predicted molar refractivity (Wildman–Crippen MR) is 62.3 cm³/mol. The summed E-state index contributed by atoms with van der Waals surface area (Å²) < 4.78 is 0. The average molecular weight is 212 g/mol. The lowest BCUT2D eigenvalue weighted by atomic mass is 9.97. The number of hydrogen-bond donors (Lipinski definition) is 3. The SMILES string of the molecule is NCC1CN(C2CCC(N)C2)CC1CN. The van der Waals surface area contributed by atoms with Crippen LogP contribution in [0.4, 0.5) is 0 Å². The zero-order chi connectivity index (χ0) is 10.8. The van der Waals surface area contributed by atoms with Gasteiger partial charge < -0.3 is 17.2 Å². The third-order valence-corrected chi connectivity index (χ3v) is 4.17. The highest BCUT2D eigenvalue weighted by Gasteiger charge is 2.36. The molecule has 2 rings (SSSR count). The molecule has 0 spiro atoms. The fourth-order valence-electron chi connectivity index (χ4n) is 3.13. The fourth-order valence-corrected chi connectivity index (χ4v) is 3.13. The summed E-state index contributed by atoms with van der Waals surface area (Å²) in [6.07, 6.45) is 3.60. The minimum absolute atomic E-state index is 0.420. The Hall–Kier alpha value is -0.160. The Morgan fingerprint density at radius 3 is 2.00 bits per heavy atom. The van der Waals surface area contributed by atoms with Crippen LogP contribution in [-0.4, -0.2) is 43.2 Å². The Morgan fingerprint density at radius 2 is 1.60 bits per heavy atom. The van der Waals surface area contributed by atoms with Crippen molar-refractivity contribution in [1.82, 2.24) is 4.90 Å². The molecular weight excluding hydrogens is 188 g/mol. The van der Waals surface area contributed by atoms with Crippen molar-refractivity contribution in [1.29, 1.82) is 0 Å². The van der Waals surface area contributed by atoms with E-state index in [0.717, 1.165) is 32.6 Å². The molecular formula is C11H24N4. The van der Waals surface area contributed by atoms with Crippen LogP contribution in [0.15, 0.2) is 0 Å². The first-order chi connectivity index (χ1) is 7.24. The molecule has 0 aromatic carbocycles. The van der Waals surface area contributed by atoms with Gasteiger partial charge in [0, 0.05) is 25.2 Å². The van der Waals surface area contributed by atoms with E-state index in [4.69, 9.17) is 17.2 Å². The highest BCUT2D eigenvalue weighted by atomic mass is 15.2. The molecule has 88 valence electrons. The number of rotatable bonds is 3. The van der Waals surface area contributed by atoms with Gasteiger partial charge in [-0.1, -0.05) is 0 Å². The minimum Gasteiger partial charge on any atom is -0.330 e. The highest BCUT2D eigenvalue weighted by Crippen LogP contribution is 2.30. The molecule has 0 aromatic heterocycles. The Bertz CT molecular complexity index is 197. The van der Waals surface area contributed by atoms with Crippen molar-refractivity contribution in [3.05, 3.63) is 0 Å². The van der Waals surface area contributed by atoms with Crippen molar-refractivity contribution in [2.24, 2.45) is 29.0 Å². The lowest BCUT2D eigenvalue weighted by Gasteiger charge is -2.23. The topological polar surface area (TPSA) is 81.3 Å². The van der Waals surface area contributed by atoms with Crippen LogP contribution < -0.4 is 17.2 Å². The first-order valence-corrected chi connectivity index (χ1v) is 6.14. The largest absolute Gasteiger partial charge is 0.330 e. The molecule has 0 amide bonds. The quantitative estimate of drug-likeness (QED) is 0.579. The van der Waals surface area contributed by atoms with Crippen molar-refractivity contribution in [2.75, 3.05) is 26.2 Å². The second-order valence-corrected chi connectivity index (χ2v) is 5.17. The lowest BCUT2D eigenvalue weighted by Crippen LogP contribution is -2.33. The van der Waals surface area contributed by atoms with Gasteiger partial charge >= 0.3 is 0 Å². The Balaban J connectivity index is 1.90. The summed E-state index contributed by atoms with van der Waals surface area (Å²) in [5.41, 5.74) is 17.5. The Kier molecular flexibility index (Phi) is 3.61. The summed E-state index contributed by atoms with van der Waals surface area (Å²) >= 11 is 0. The molecule has 4 heteroatoms. The monoisotopic (exact) mass is 212 g/mol. The lowest BCUT2D eigenvalue weighted by molar-refractivity contribution is 0.233. The van der Waals surface area contributed by atoms with Gasteiger partial charge in [-0.25, -0.2) is 0 Å². The standard InChI is InChI=1S/C11H24N4/c12-4-8-6-15(7-9(8)5-13)11-2-1-10(14)3-11/h8-11H,1-7,12-14H2. The van der Waals surface area contributed by atoms with E-state index < -0.39 is 0 Å². The number of nitrogens with zero attached hydrogens (tertiary/aromatic N) is 1. The average Bonchev–Trinajstić information content (AvgIpc) is 2.82. The molecule has 1 saturated heterocycles. The van der Waals surface area contributed by atoms with Crippen molar-refractivity contribution < 1.29 is 0 Å². The summed E-state index contributed by atoms with van der Waals surface area (Å²) in [6.45, 7) is 3.82. The van der Waals surface area contributed by atoms with E-state index in [9.17, 15) is 0 Å². The van der Waals surface area contributed by atoms with Gasteiger partial charge in [-0.2, -0.15) is 0 Å². The van der Waals surface area contributed by atoms with E-state index in [1.54, 1.807) is 0 Å². The normalized spacial score (nSPS) is 42.6. The third-order valence-electron chi connectivity index (χ3n) is 4.17. The van der Waals surface area contributed by atoms with Crippen LogP contribution in [0.3, 0.4) is 0 Å². The summed E-state index contributed by atoms with van der Waals surface area (Å²) in [5, 5.41) is 0. The van der Waals surface area contributed by atoms with Crippen molar-refractivity contribution in [3.8, 4) is 0 Å². The summed E-state index contributed by atoms with van der Waals surface area (Å²) in [7, 11) is 0. The molecule has 0 radical (unpaired) electrons. The number of hydrogen-bond acceptors (Lipinski definition) is 4. The third kappa shape index (κ3) is 2.33. The fraction of sp³-hybridized carbons (Fsp3) is 1.00. The maximum Gasteiger partial charge on any atom is 0.0111 e. The Morgan fingerprint density at radius 1 is 1.00 bits per heavy atom. The van der Waals surface area contributed by atoms with E-state index in [1.165, 1.54) is 12.8 Å². The molecule has 2 fully saturated rings. The molecule has 4 nitrogen and oxygen atoms in total. The second kappa shape index (κ2) is 4.78. The molecule has 1 aliphatic carbocycles. The van der Waals surface area contributed by atoms with Crippen LogP contribution in [0.5, 0.6) is 0 Å². The maximum absolute atomic E-state index is 5.95. The second-order valence-electron chi connectivity index (χ2n) is 5.17. The van der Waals surface area contributed by atoms with Gasteiger partial charge in [0.25, 0.3) is 0 Å². The molecule has 1 aliphatic heterocycles. The van der Waals surface area contributed by atoms with Crippen molar-refractivity contribution >= 4 is 0 Å². The van der Waals surface area contributed by atoms with Crippen molar-refractivity contribution in [2.45, 2.75) is 31.3 Å². The van der Waals surface area contributed by atoms with E-state index in [0.29, 0.717) is 23.9 Å². The number of likely N-dealkylation sites (tertiary alicyclic amines) is 1. The van der Waals surface area contributed by atoms with Crippen molar-refractivity contribution in [3.63, 3.8) is 0 Å². The van der Waals surface area contributed by atoms with Gasteiger partial charge in [0.05, 0.1) is 0 Å². The van der Waals surface area contributed by atoms with Crippen LogP contribution in [0.2, 0.25) is 0 Å². The molecule has 0 aromatic rings. The van der Waals surface area contributed by atoms with E-state index >= 15 is 0 Å². The molecule has 1 heterocycles. The van der Waals surface area contributed by atoms with E-state index in [1.807, 2.05) is 0 Å². The van der Waals surface area contributed by atoms with Crippen LogP contribution in [0, 0.1) is 11.8 Å². The highest BCUT2D eigenvalue weighted by molar-refractivity contribution is 4.92.